The van der Waals surface area contributed by atoms with E-state index in [0.717, 1.165) is 35.5 Å². The number of nitrogens with one attached hydrogen (secondary N) is 1. The maximum absolute atomic E-state index is 5.28. The van der Waals surface area contributed by atoms with Crippen molar-refractivity contribution in [3.8, 4) is 5.75 Å². The zero-order chi connectivity index (χ0) is 12.5. The largest absolute Gasteiger partial charge is 0.496 e. The lowest BCUT2D eigenvalue weighted by Crippen LogP contribution is -2.18. The van der Waals surface area contributed by atoms with E-state index < -0.39 is 0 Å². The Hall–Kier alpha value is -0.840. The number of hydrogen-bond donors (Lipinski definition) is 1. The molecule has 1 rings (SSSR count). The highest BCUT2D eigenvalue weighted by atomic mass is 79.9. The van der Waals surface area contributed by atoms with Gasteiger partial charge in [-0.1, -0.05) is 28.1 Å². The van der Waals surface area contributed by atoms with Crippen molar-refractivity contribution in [3.63, 3.8) is 0 Å². The predicted molar refractivity (Wildman–Crippen MR) is 74.5 cm³/mol. The van der Waals surface area contributed by atoms with Gasteiger partial charge in [0.1, 0.15) is 5.75 Å². The minimum Gasteiger partial charge on any atom is -0.496 e. The van der Waals surface area contributed by atoms with Gasteiger partial charge in [0.25, 0.3) is 0 Å². The third-order valence-electron chi connectivity index (χ3n) is 2.23. The first-order valence-corrected chi connectivity index (χ1v) is 6.27. The number of halogens is 1. The van der Waals surface area contributed by atoms with Crippen molar-refractivity contribution in [3.05, 3.63) is 34.3 Å². The summed E-state index contributed by atoms with van der Waals surface area (Å²) in [7, 11) is 3.38. The number of ether oxygens (including phenoxy) is 2. The van der Waals surface area contributed by atoms with Crippen molar-refractivity contribution in [2.75, 3.05) is 33.9 Å². The van der Waals surface area contributed by atoms with Gasteiger partial charge < -0.3 is 14.8 Å². The van der Waals surface area contributed by atoms with E-state index in [2.05, 4.69) is 27.3 Å². The Labute approximate surface area is 111 Å². The highest BCUT2D eigenvalue weighted by molar-refractivity contribution is 9.10. The van der Waals surface area contributed by atoms with Crippen LogP contribution >= 0.6 is 15.9 Å². The van der Waals surface area contributed by atoms with Crippen molar-refractivity contribution >= 4 is 22.0 Å². The van der Waals surface area contributed by atoms with Crippen LogP contribution in [0.25, 0.3) is 6.08 Å². The molecule has 1 aromatic rings. The van der Waals surface area contributed by atoms with E-state index in [9.17, 15) is 0 Å². The van der Waals surface area contributed by atoms with Crippen molar-refractivity contribution < 1.29 is 9.47 Å². The van der Waals surface area contributed by atoms with Crippen LogP contribution in [0.3, 0.4) is 0 Å². The Bertz CT molecular complexity index is 366. The summed E-state index contributed by atoms with van der Waals surface area (Å²) in [6.07, 6.45) is 4.11. The van der Waals surface area contributed by atoms with Crippen LogP contribution in [0.5, 0.6) is 5.75 Å². The molecule has 1 N–H and O–H groups in total. The standard InChI is InChI=1S/C13H18BrNO2/c1-16-9-8-15-7-3-4-11-10-12(14)5-6-13(11)17-2/h3-6,10,15H,7-9H2,1-2H3. The van der Waals surface area contributed by atoms with Gasteiger partial charge in [-0.05, 0) is 18.2 Å². The molecule has 0 unspecified atom stereocenters. The number of rotatable bonds is 7. The average Bonchev–Trinajstić information content (AvgIpc) is 2.34. The van der Waals surface area contributed by atoms with Crippen LogP contribution in [0.1, 0.15) is 5.56 Å². The van der Waals surface area contributed by atoms with Gasteiger partial charge in [0.2, 0.25) is 0 Å². The third-order valence-corrected chi connectivity index (χ3v) is 2.73. The van der Waals surface area contributed by atoms with Crippen LogP contribution in [0, 0.1) is 0 Å². The van der Waals surface area contributed by atoms with Gasteiger partial charge in [0.15, 0.2) is 0 Å². The summed E-state index contributed by atoms with van der Waals surface area (Å²) in [5.41, 5.74) is 1.07. The molecule has 3 nitrogen and oxygen atoms in total. The lowest BCUT2D eigenvalue weighted by atomic mass is 10.2. The van der Waals surface area contributed by atoms with Gasteiger partial charge >= 0.3 is 0 Å². The van der Waals surface area contributed by atoms with Gasteiger partial charge in [-0.15, -0.1) is 0 Å². The second-order valence-electron chi connectivity index (χ2n) is 3.49. The van der Waals surface area contributed by atoms with Crippen LogP contribution in [0.15, 0.2) is 28.7 Å². The quantitative estimate of drug-likeness (QED) is 0.785. The molecular formula is C13H18BrNO2. The van der Waals surface area contributed by atoms with E-state index in [1.165, 1.54) is 0 Å². The van der Waals surface area contributed by atoms with Crippen molar-refractivity contribution in [1.29, 1.82) is 0 Å². The summed E-state index contributed by atoms with van der Waals surface area (Å²) in [4.78, 5) is 0. The summed E-state index contributed by atoms with van der Waals surface area (Å²) in [6, 6.07) is 5.94. The second-order valence-corrected chi connectivity index (χ2v) is 4.40. The highest BCUT2D eigenvalue weighted by Gasteiger charge is 1.99. The van der Waals surface area contributed by atoms with E-state index in [1.807, 2.05) is 24.3 Å². The zero-order valence-corrected chi connectivity index (χ0v) is 11.8. The van der Waals surface area contributed by atoms with Gasteiger partial charge in [-0.2, -0.15) is 0 Å². The summed E-state index contributed by atoms with van der Waals surface area (Å²) < 4.78 is 11.3. The Morgan fingerprint density at radius 1 is 1.35 bits per heavy atom. The molecule has 1 aromatic carbocycles. The Morgan fingerprint density at radius 2 is 2.18 bits per heavy atom. The first-order valence-electron chi connectivity index (χ1n) is 5.47. The molecule has 0 aliphatic rings. The van der Waals surface area contributed by atoms with Crippen LogP contribution in [-0.2, 0) is 4.74 Å². The second kappa shape index (κ2) is 8.28. The molecule has 0 amide bonds. The van der Waals surface area contributed by atoms with Crippen molar-refractivity contribution in [1.82, 2.24) is 5.32 Å². The molecule has 0 aromatic heterocycles. The fourth-order valence-corrected chi connectivity index (χ4v) is 1.76. The maximum atomic E-state index is 5.28. The molecule has 17 heavy (non-hydrogen) atoms. The molecule has 0 aliphatic carbocycles. The molecule has 0 fully saturated rings. The van der Waals surface area contributed by atoms with Gasteiger partial charge in [0, 0.05) is 30.2 Å². The molecule has 0 saturated carbocycles. The van der Waals surface area contributed by atoms with Gasteiger partial charge in [0.05, 0.1) is 13.7 Å². The maximum Gasteiger partial charge on any atom is 0.126 e. The lowest BCUT2D eigenvalue weighted by molar-refractivity contribution is 0.200. The van der Waals surface area contributed by atoms with E-state index in [4.69, 9.17) is 9.47 Å². The van der Waals surface area contributed by atoms with E-state index in [-0.39, 0.29) is 0 Å². The van der Waals surface area contributed by atoms with Crippen molar-refractivity contribution in [2.45, 2.75) is 0 Å². The van der Waals surface area contributed by atoms with E-state index in [0.29, 0.717) is 0 Å². The molecule has 0 spiro atoms. The van der Waals surface area contributed by atoms with Crippen LogP contribution in [0.2, 0.25) is 0 Å². The fourth-order valence-electron chi connectivity index (χ4n) is 1.38. The Balaban J connectivity index is 2.49. The van der Waals surface area contributed by atoms with Crippen LogP contribution in [-0.4, -0.2) is 33.9 Å². The first-order chi connectivity index (χ1) is 8.27. The average molecular weight is 300 g/mol. The zero-order valence-electron chi connectivity index (χ0n) is 10.2. The lowest BCUT2D eigenvalue weighted by Gasteiger charge is -2.05. The molecular weight excluding hydrogens is 282 g/mol. The van der Waals surface area contributed by atoms with Crippen molar-refractivity contribution in [2.24, 2.45) is 0 Å². The molecule has 0 atom stereocenters. The van der Waals surface area contributed by atoms with Gasteiger partial charge in [-0.25, -0.2) is 0 Å². The number of hydrogen-bond acceptors (Lipinski definition) is 3. The number of benzene rings is 1. The molecule has 94 valence electrons. The third kappa shape index (κ3) is 5.35. The number of methoxy groups -OCH3 is 2. The molecule has 0 aliphatic heterocycles. The normalized spacial score (nSPS) is 11.0. The van der Waals surface area contributed by atoms with Crippen LogP contribution in [0.4, 0.5) is 0 Å². The SMILES string of the molecule is COCCNCC=Cc1cc(Br)ccc1OC. The van der Waals surface area contributed by atoms with Crippen LogP contribution < -0.4 is 10.1 Å². The summed E-state index contributed by atoms with van der Waals surface area (Å²) >= 11 is 3.45. The molecule has 0 heterocycles. The molecule has 0 saturated heterocycles. The Kier molecular flexibility index (Phi) is 6.93. The monoisotopic (exact) mass is 299 g/mol. The predicted octanol–water partition coefficient (Wildman–Crippen LogP) is 2.71. The molecule has 0 radical (unpaired) electrons. The highest BCUT2D eigenvalue weighted by Crippen LogP contribution is 2.23. The van der Waals surface area contributed by atoms with Gasteiger partial charge in [-0.3, -0.25) is 0 Å². The smallest absolute Gasteiger partial charge is 0.126 e. The fraction of sp³-hybridized carbons (Fsp3) is 0.385. The van der Waals surface area contributed by atoms with E-state index >= 15 is 0 Å². The summed E-state index contributed by atoms with van der Waals surface area (Å²) in [5, 5.41) is 3.24. The Morgan fingerprint density at radius 3 is 2.88 bits per heavy atom. The minimum absolute atomic E-state index is 0.730. The minimum atomic E-state index is 0.730. The summed E-state index contributed by atoms with van der Waals surface area (Å²) in [5.74, 6) is 0.876. The van der Waals surface area contributed by atoms with E-state index in [1.54, 1.807) is 14.2 Å². The topological polar surface area (TPSA) is 30.5 Å². The first kappa shape index (κ1) is 14.2. The molecule has 0 bridgehead atoms. The molecule has 4 heteroatoms. The summed E-state index contributed by atoms with van der Waals surface area (Å²) in [6.45, 7) is 2.41.